The molecule has 0 saturated carbocycles. The fourth-order valence-corrected chi connectivity index (χ4v) is 1.94. The molecule has 0 radical (unpaired) electrons. The van der Waals surface area contributed by atoms with Crippen LogP contribution in [-0.4, -0.2) is 27.2 Å². The number of benzene rings is 1. The van der Waals surface area contributed by atoms with Crippen molar-refractivity contribution in [3.05, 3.63) is 34.2 Å². The van der Waals surface area contributed by atoms with E-state index in [0.717, 1.165) is 0 Å². The molecule has 0 aliphatic carbocycles. The lowest BCUT2D eigenvalue weighted by atomic mass is 9.97. The highest BCUT2D eigenvalue weighted by Gasteiger charge is 2.38. The highest BCUT2D eigenvalue weighted by Crippen LogP contribution is 2.29. The van der Waals surface area contributed by atoms with Crippen molar-refractivity contribution in [3.63, 3.8) is 0 Å². The van der Waals surface area contributed by atoms with Gasteiger partial charge in [0.15, 0.2) is 0 Å². The lowest BCUT2D eigenvalue weighted by Crippen LogP contribution is -2.27. The summed E-state index contributed by atoms with van der Waals surface area (Å²) >= 11 is 0. The quantitative estimate of drug-likeness (QED) is 0.282. The lowest BCUT2D eigenvalue weighted by Gasteiger charge is -2.09. The fourth-order valence-electron chi connectivity index (χ4n) is 1.94. The second-order valence-corrected chi connectivity index (χ2v) is 4.15. The lowest BCUT2D eigenvalue weighted by molar-refractivity contribution is -0.172. The van der Waals surface area contributed by atoms with Gasteiger partial charge in [-0.05, 0) is 23.6 Å². The molecular formula is C11H10N4O4. The number of azide groups is 1. The van der Waals surface area contributed by atoms with Gasteiger partial charge in [-0.15, -0.1) is 0 Å². The number of imide groups is 1. The summed E-state index contributed by atoms with van der Waals surface area (Å²) in [6.45, 7) is 0. The third kappa shape index (κ3) is 2.49. The Morgan fingerprint density at radius 2 is 2.21 bits per heavy atom. The molecule has 1 saturated heterocycles. The van der Waals surface area contributed by atoms with Crippen molar-refractivity contribution in [1.29, 1.82) is 0 Å². The molecule has 1 aliphatic heterocycles. The molecule has 0 bridgehead atoms. The summed E-state index contributed by atoms with van der Waals surface area (Å²) in [5.74, 6) is -2.14. The third-order valence-electron chi connectivity index (χ3n) is 2.91. The zero-order valence-electron chi connectivity index (χ0n) is 9.72. The number of phenols is 1. The number of hydroxylamine groups is 2. The maximum Gasteiger partial charge on any atom is 0.257 e. The van der Waals surface area contributed by atoms with Crippen LogP contribution in [0.15, 0.2) is 23.3 Å². The van der Waals surface area contributed by atoms with E-state index in [0.29, 0.717) is 5.56 Å². The number of carbonyl (C=O) groups is 2. The molecule has 1 aliphatic rings. The summed E-state index contributed by atoms with van der Waals surface area (Å²) in [5, 5.41) is 22.3. The molecule has 0 spiro atoms. The Hall–Kier alpha value is -2.57. The van der Waals surface area contributed by atoms with E-state index in [1.165, 1.54) is 18.2 Å². The summed E-state index contributed by atoms with van der Waals surface area (Å²) in [6, 6.07) is 4.27. The first-order valence-corrected chi connectivity index (χ1v) is 5.45. The van der Waals surface area contributed by atoms with Crippen molar-refractivity contribution in [2.24, 2.45) is 11.0 Å². The summed E-state index contributed by atoms with van der Waals surface area (Å²) in [6.07, 6.45) is 0.0386. The number of rotatable bonds is 3. The number of aromatic hydroxyl groups is 1. The zero-order valence-corrected chi connectivity index (χ0v) is 9.72. The second kappa shape index (κ2) is 4.97. The van der Waals surface area contributed by atoms with Crippen LogP contribution in [0.3, 0.4) is 0 Å². The number of phenolic OH excluding ortho intramolecular Hbond substituents is 1. The van der Waals surface area contributed by atoms with Crippen LogP contribution in [0.5, 0.6) is 5.75 Å². The molecule has 19 heavy (non-hydrogen) atoms. The SMILES string of the molecule is [N-]=[N+]=Nc1ccc(CC2CC(=O)N(O)C2=O)c(O)c1. The molecule has 1 atom stereocenters. The zero-order chi connectivity index (χ0) is 14.0. The average molecular weight is 262 g/mol. The molecular weight excluding hydrogens is 252 g/mol. The summed E-state index contributed by atoms with van der Waals surface area (Å²) in [5.41, 5.74) is 8.96. The Morgan fingerprint density at radius 1 is 1.47 bits per heavy atom. The Bertz CT molecular complexity index is 594. The molecule has 1 aromatic rings. The van der Waals surface area contributed by atoms with E-state index in [1.807, 2.05) is 0 Å². The van der Waals surface area contributed by atoms with Gasteiger partial charge in [0.05, 0.1) is 5.92 Å². The highest BCUT2D eigenvalue weighted by molar-refractivity contribution is 6.02. The van der Waals surface area contributed by atoms with Crippen LogP contribution < -0.4 is 0 Å². The summed E-state index contributed by atoms with van der Waals surface area (Å²) in [4.78, 5) is 25.2. The minimum absolute atomic E-state index is 0.0904. The van der Waals surface area contributed by atoms with Crippen molar-refractivity contribution in [2.45, 2.75) is 12.8 Å². The smallest absolute Gasteiger partial charge is 0.257 e. The molecule has 1 heterocycles. The van der Waals surface area contributed by atoms with Gasteiger partial charge in [-0.2, -0.15) is 5.06 Å². The van der Waals surface area contributed by atoms with Gasteiger partial charge in [-0.25, -0.2) is 0 Å². The Labute approximate surface area is 107 Å². The Balaban J connectivity index is 2.18. The maximum atomic E-state index is 11.5. The molecule has 0 aromatic heterocycles. The summed E-state index contributed by atoms with van der Waals surface area (Å²) < 4.78 is 0. The molecule has 1 fully saturated rings. The Kier molecular flexibility index (Phi) is 3.37. The average Bonchev–Trinajstić information content (AvgIpc) is 2.61. The predicted octanol–water partition coefficient (Wildman–Crippen LogP) is 1.64. The minimum atomic E-state index is -0.686. The molecule has 8 heteroatoms. The normalized spacial score (nSPS) is 18.6. The number of amides is 2. The molecule has 8 nitrogen and oxygen atoms in total. The van der Waals surface area contributed by atoms with E-state index in [-0.39, 0.29) is 29.3 Å². The van der Waals surface area contributed by atoms with Crippen molar-refractivity contribution < 1.29 is 19.9 Å². The monoisotopic (exact) mass is 262 g/mol. The minimum Gasteiger partial charge on any atom is -0.508 e. The van der Waals surface area contributed by atoms with Crippen LogP contribution in [0, 0.1) is 5.92 Å². The van der Waals surface area contributed by atoms with Gasteiger partial charge in [0.25, 0.3) is 11.8 Å². The molecule has 2 amide bonds. The third-order valence-corrected chi connectivity index (χ3v) is 2.91. The van der Waals surface area contributed by atoms with E-state index < -0.39 is 17.7 Å². The van der Waals surface area contributed by atoms with Crippen LogP contribution in [0.2, 0.25) is 0 Å². The van der Waals surface area contributed by atoms with Crippen molar-refractivity contribution >= 4 is 17.5 Å². The largest absolute Gasteiger partial charge is 0.508 e. The van der Waals surface area contributed by atoms with E-state index in [4.69, 9.17) is 10.7 Å². The molecule has 1 aromatic carbocycles. The number of nitrogens with zero attached hydrogens (tertiary/aromatic N) is 4. The summed E-state index contributed by atoms with van der Waals surface area (Å²) in [7, 11) is 0. The molecule has 98 valence electrons. The van der Waals surface area contributed by atoms with Gasteiger partial charge >= 0.3 is 0 Å². The van der Waals surface area contributed by atoms with E-state index >= 15 is 0 Å². The molecule has 2 N–H and O–H groups in total. The standard InChI is InChI=1S/C11H10N4O4/c12-14-13-8-2-1-6(9(16)5-8)3-7-4-10(17)15(19)11(7)18/h1-2,5,7,16,19H,3-4H2. The first-order chi connectivity index (χ1) is 9.02. The van der Waals surface area contributed by atoms with E-state index in [2.05, 4.69) is 10.0 Å². The van der Waals surface area contributed by atoms with Crippen LogP contribution >= 0.6 is 0 Å². The van der Waals surface area contributed by atoms with Crippen molar-refractivity contribution in [3.8, 4) is 5.75 Å². The van der Waals surface area contributed by atoms with Crippen molar-refractivity contribution in [2.75, 3.05) is 0 Å². The van der Waals surface area contributed by atoms with Gasteiger partial charge in [0.2, 0.25) is 0 Å². The van der Waals surface area contributed by atoms with Gasteiger partial charge in [-0.3, -0.25) is 14.8 Å². The van der Waals surface area contributed by atoms with E-state index in [9.17, 15) is 14.7 Å². The van der Waals surface area contributed by atoms with Crippen LogP contribution in [0.25, 0.3) is 10.4 Å². The first kappa shape index (κ1) is 12.9. The number of hydrogen-bond acceptors (Lipinski definition) is 5. The van der Waals surface area contributed by atoms with Crippen molar-refractivity contribution in [1.82, 2.24) is 5.06 Å². The number of carbonyl (C=O) groups excluding carboxylic acids is 2. The second-order valence-electron chi connectivity index (χ2n) is 4.15. The predicted molar refractivity (Wildman–Crippen MR) is 62.4 cm³/mol. The van der Waals surface area contributed by atoms with Crippen LogP contribution in [-0.2, 0) is 16.0 Å². The van der Waals surface area contributed by atoms with E-state index in [1.54, 1.807) is 0 Å². The van der Waals surface area contributed by atoms with Gasteiger partial charge in [-0.1, -0.05) is 17.2 Å². The maximum absolute atomic E-state index is 11.5. The van der Waals surface area contributed by atoms with Crippen LogP contribution in [0.1, 0.15) is 12.0 Å². The van der Waals surface area contributed by atoms with Crippen LogP contribution in [0.4, 0.5) is 5.69 Å². The fraction of sp³-hybridized carbons (Fsp3) is 0.273. The first-order valence-electron chi connectivity index (χ1n) is 5.45. The molecule has 2 rings (SSSR count). The van der Waals surface area contributed by atoms with Gasteiger partial charge in [0, 0.05) is 17.0 Å². The number of hydrogen-bond donors (Lipinski definition) is 2. The van der Waals surface area contributed by atoms with Gasteiger partial charge < -0.3 is 5.11 Å². The topological polar surface area (TPSA) is 127 Å². The Morgan fingerprint density at radius 3 is 2.74 bits per heavy atom. The molecule has 1 unspecified atom stereocenters. The van der Waals surface area contributed by atoms with Gasteiger partial charge in [0.1, 0.15) is 5.75 Å². The highest BCUT2D eigenvalue weighted by atomic mass is 16.5.